The molecule has 1 aromatic carbocycles. The molecule has 0 bridgehead atoms. The Morgan fingerprint density at radius 3 is 2.90 bits per heavy atom. The van der Waals surface area contributed by atoms with E-state index in [9.17, 15) is 0 Å². The summed E-state index contributed by atoms with van der Waals surface area (Å²) in [5, 5.41) is 4.04. The quantitative estimate of drug-likeness (QED) is 0.732. The van der Waals surface area contributed by atoms with Crippen LogP contribution in [0, 0.1) is 0 Å². The fourth-order valence-corrected chi connectivity index (χ4v) is 2.67. The van der Waals surface area contributed by atoms with E-state index in [0.717, 1.165) is 21.7 Å². The summed E-state index contributed by atoms with van der Waals surface area (Å²) in [7, 11) is 1.95. The lowest BCUT2D eigenvalue weighted by molar-refractivity contribution is 0.488. The predicted molar refractivity (Wildman–Crippen MR) is 86.5 cm³/mol. The van der Waals surface area contributed by atoms with Crippen LogP contribution >= 0.6 is 27.5 Å². The van der Waals surface area contributed by atoms with Gasteiger partial charge in [0.2, 0.25) is 0 Å². The third-order valence-corrected chi connectivity index (χ3v) is 4.00. The van der Waals surface area contributed by atoms with Crippen LogP contribution in [0.4, 0.5) is 5.69 Å². The molecule has 108 valence electrons. The Morgan fingerprint density at radius 2 is 2.24 bits per heavy atom. The second-order valence-corrected chi connectivity index (χ2v) is 5.94. The van der Waals surface area contributed by atoms with Crippen molar-refractivity contribution in [1.29, 1.82) is 0 Å². The van der Waals surface area contributed by atoms with Gasteiger partial charge in [0.15, 0.2) is 0 Å². The van der Waals surface area contributed by atoms with Crippen molar-refractivity contribution in [1.82, 2.24) is 9.55 Å². The standard InChI is InChI=1S/C15H13BrClN3O/c1-20-7-6-18-15(20)14(13-3-2-8-21-13)19-12-9-10(16)4-5-11(12)17/h2-9,14,19H,1H3. The molecule has 0 saturated heterocycles. The first kappa shape index (κ1) is 14.2. The zero-order valence-corrected chi connectivity index (χ0v) is 13.6. The minimum absolute atomic E-state index is 0.216. The molecule has 21 heavy (non-hydrogen) atoms. The van der Waals surface area contributed by atoms with E-state index in [4.69, 9.17) is 16.0 Å². The van der Waals surface area contributed by atoms with Gasteiger partial charge in [0, 0.05) is 23.9 Å². The van der Waals surface area contributed by atoms with Gasteiger partial charge >= 0.3 is 0 Å². The monoisotopic (exact) mass is 365 g/mol. The Balaban J connectivity index is 2.01. The van der Waals surface area contributed by atoms with Crippen LogP contribution in [-0.2, 0) is 7.05 Å². The number of benzene rings is 1. The first-order valence-electron chi connectivity index (χ1n) is 6.37. The van der Waals surface area contributed by atoms with Crippen LogP contribution in [0.2, 0.25) is 5.02 Å². The summed E-state index contributed by atoms with van der Waals surface area (Å²) in [6.45, 7) is 0. The third-order valence-electron chi connectivity index (χ3n) is 3.17. The van der Waals surface area contributed by atoms with Crippen molar-refractivity contribution < 1.29 is 4.42 Å². The van der Waals surface area contributed by atoms with Gasteiger partial charge in [-0.15, -0.1) is 0 Å². The van der Waals surface area contributed by atoms with E-state index in [2.05, 4.69) is 26.2 Å². The van der Waals surface area contributed by atoms with E-state index in [1.54, 1.807) is 12.5 Å². The van der Waals surface area contributed by atoms with Crippen molar-refractivity contribution in [2.45, 2.75) is 6.04 Å². The largest absolute Gasteiger partial charge is 0.467 e. The summed E-state index contributed by atoms with van der Waals surface area (Å²) in [4.78, 5) is 4.41. The number of aryl methyl sites for hydroxylation is 1. The Labute approximate surface area is 135 Å². The summed E-state index contributed by atoms with van der Waals surface area (Å²) in [6, 6.07) is 9.23. The number of nitrogens with zero attached hydrogens (tertiary/aromatic N) is 2. The van der Waals surface area contributed by atoms with Crippen LogP contribution in [0.3, 0.4) is 0 Å². The van der Waals surface area contributed by atoms with Crippen LogP contribution in [0.15, 0.2) is 57.9 Å². The minimum Gasteiger partial charge on any atom is -0.467 e. The lowest BCUT2D eigenvalue weighted by Crippen LogP contribution is -2.16. The molecular formula is C15H13BrClN3O. The lowest BCUT2D eigenvalue weighted by Gasteiger charge is -2.19. The highest BCUT2D eigenvalue weighted by molar-refractivity contribution is 9.10. The van der Waals surface area contributed by atoms with E-state index in [1.165, 1.54) is 0 Å². The molecule has 1 N–H and O–H groups in total. The smallest absolute Gasteiger partial charge is 0.143 e. The molecule has 0 radical (unpaired) electrons. The van der Waals surface area contributed by atoms with E-state index in [-0.39, 0.29) is 6.04 Å². The Morgan fingerprint density at radius 1 is 1.38 bits per heavy atom. The van der Waals surface area contributed by atoms with E-state index in [1.807, 2.05) is 48.1 Å². The molecule has 0 aliphatic heterocycles. The van der Waals surface area contributed by atoms with Crippen molar-refractivity contribution >= 4 is 33.2 Å². The normalized spacial score (nSPS) is 12.3. The molecule has 2 aromatic heterocycles. The molecule has 6 heteroatoms. The maximum Gasteiger partial charge on any atom is 0.143 e. The first-order chi connectivity index (χ1) is 10.1. The summed E-state index contributed by atoms with van der Waals surface area (Å²) in [5.74, 6) is 1.63. The minimum atomic E-state index is -0.216. The first-order valence-corrected chi connectivity index (χ1v) is 7.54. The number of imidazole rings is 1. The van der Waals surface area contributed by atoms with Crippen molar-refractivity contribution in [3.63, 3.8) is 0 Å². The number of aromatic nitrogens is 2. The van der Waals surface area contributed by atoms with Gasteiger partial charge in [-0.2, -0.15) is 0 Å². The molecule has 0 aliphatic rings. The van der Waals surface area contributed by atoms with Crippen LogP contribution < -0.4 is 5.32 Å². The van der Waals surface area contributed by atoms with Gasteiger partial charge in [-0.05, 0) is 30.3 Å². The molecule has 0 fully saturated rings. The molecule has 2 heterocycles. The van der Waals surface area contributed by atoms with Gasteiger partial charge in [-0.25, -0.2) is 4.98 Å². The third kappa shape index (κ3) is 2.99. The molecule has 3 rings (SSSR count). The molecule has 0 aliphatic carbocycles. The number of anilines is 1. The molecular weight excluding hydrogens is 354 g/mol. The zero-order valence-electron chi connectivity index (χ0n) is 11.3. The van der Waals surface area contributed by atoms with Gasteiger partial charge < -0.3 is 14.3 Å². The summed E-state index contributed by atoms with van der Waals surface area (Å²) < 4.78 is 8.45. The number of hydrogen-bond acceptors (Lipinski definition) is 3. The predicted octanol–water partition coefficient (Wildman–Crippen LogP) is 4.63. The van der Waals surface area contributed by atoms with Gasteiger partial charge in [-0.3, -0.25) is 0 Å². The second kappa shape index (κ2) is 5.95. The Kier molecular flexibility index (Phi) is 4.03. The molecule has 1 unspecified atom stereocenters. The summed E-state index contributed by atoms with van der Waals surface area (Å²) in [5.41, 5.74) is 0.815. The van der Waals surface area contributed by atoms with E-state index in [0.29, 0.717) is 5.02 Å². The number of rotatable bonds is 4. The highest BCUT2D eigenvalue weighted by Crippen LogP contribution is 2.31. The average molecular weight is 367 g/mol. The number of furan rings is 1. The molecule has 0 saturated carbocycles. The van der Waals surface area contributed by atoms with Crippen molar-refractivity contribution in [3.8, 4) is 0 Å². The molecule has 4 nitrogen and oxygen atoms in total. The molecule has 3 aromatic rings. The van der Waals surface area contributed by atoms with Gasteiger partial charge in [0.05, 0.1) is 17.0 Å². The SMILES string of the molecule is Cn1ccnc1C(Nc1cc(Br)ccc1Cl)c1ccco1. The number of nitrogens with one attached hydrogen (secondary N) is 1. The van der Waals surface area contributed by atoms with Crippen LogP contribution in [-0.4, -0.2) is 9.55 Å². The Hall–Kier alpha value is -1.72. The maximum absolute atomic E-state index is 6.26. The molecule has 1 atom stereocenters. The number of halogens is 2. The van der Waals surface area contributed by atoms with Crippen molar-refractivity contribution in [2.75, 3.05) is 5.32 Å². The topological polar surface area (TPSA) is 43.0 Å². The fourth-order valence-electron chi connectivity index (χ4n) is 2.14. The fraction of sp³-hybridized carbons (Fsp3) is 0.133. The summed E-state index contributed by atoms with van der Waals surface area (Å²) in [6.07, 6.45) is 5.31. The van der Waals surface area contributed by atoms with Gasteiger partial charge in [0.1, 0.15) is 17.6 Å². The van der Waals surface area contributed by atoms with Gasteiger partial charge in [-0.1, -0.05) is 27.5 Å². The summed E-state index contributed by atoms with van der Waals surface area (Å²) >= 11 is 9.72. The van der Waals surface area contributed by atoms with Gasteiger partial charge in [0.25, 0.3) is 0 Å². The number of hydrogen-bond donors (Lipinski definition) is 1. The molecule has 0 amide bonds. The van der Waals surface area contributed by atoms with Crippen LogP contribution in [0.1, 0.15) is 17.6 Å². The maximum atomic E-state index is 6.26. The van der Waals surface area contributed by atoms with Crippen LogP contribution in [0.25, 0.3) is 0 Å². The highest BCUT2D eigenvalue weighted by Gasteiger charge is 2.21. The van der Waals surface area contributed by atoms with Crippen molar-refractivity contribution in [3.05, 3.63) is 70.1 Å². The highest BCUT2D eigenvalue weighted by atomic mass is 79.9. The average Bonchev–Trinajstić information content (AvgIpc) is 3.11. The van der Waals surface area contributed by atoms with E-state index >= 15 is 0 Å². The van der Waals surface area contributed by atoms with Crippen LogP contribution in [0.5, 0.6) is 0 Å². The van der Waals surface area contributed by atoms with E-state index < -0.39 is 0 Å². The second-order valence-electron chi connectivity index (χ2n) is 4.61. The van der Waals surface area contributed by atoms with Crippen molar-refractivity contribution in [2.24, 2.45) is 7.05 Å². The Bertz CT molecular complexity index is 739. The molecule has 0 spiro atoms. The zero-order chi connectivity index (χ0) is 14.8. The lowest BCUT2D eigenvalue weighted by atomic mass is 10.2.